The summed E-state index contributed by atoms with van der Waals surface area (Å²) < 4.78 is 56.6. The van der Waals surface area contributed by atoms with Gasteiger partial charge in [-0.25, -0.2) is 9.59 Å². The van der Waals surface area contributed by atoms with Gasteiger partial charge >= 0.3 is 18.4 Å². The van der Waals surface area contributed by atoms with Crippen molar-refractivity contribution in [2.75, 3.05) is 19.6 Å². The standard InChI is InChI=1S/C37H58F3N3O6/c1-19(2)27(49-30(41)45)22-14-20(3)26-28(47-22)29(44)34(7)24-9-8-23-32(4,5)25(10-11-35(23)17-36(24,35)13-12-33(26,34)6)48-31(46)42-21-15-43(16-21)18-37(38,39)40/h19-29,44H,8-18H2,1-7H3,(H2,41,45)(H,42,46)/t20-,22?,23+,24?,25?,26+,27-,28?,29+,33-,34-,35-,36+/m1/s1. The minimum Gasteiger partial charge on any atom is -0.446 e. The van der Waals surface area contributed by atoms with Gasteiger partial charge in [-0.15, -0.1) is 0 Å². The molecule has 7 fully saturated rings. The Morgan fingerprint density at radius 1 is 1.04 bits per heavy atom. The van der Waals surface area contributed by atoms with Crippen LogP contribution >= 0.6 is 0 Å². The molecule has 0 radical (unpaired) electrons. The molecule has 4 N–H and O–H groups in total. The number of nitrogens with one attached hydrogen (secondary N) is 1. The highest BCUT2D eigenvalue weighted by Crippen LogP contribution is 2.89. The Balaban J connectivity index is 1.06. The van der Waals surface area contributed by atoms with Gasteiger partial charge in [0.05, 0.1) is 30.9 Å². The first-order chi connectivity index (χ1) is 22.7. The summed E-state index contributed by atoms with van der Waals surface area (Å²) in [6, 6.07) is -0.331. The number of nitrogens with two attached hydrogens (primary N) is 1. The summed E-state index contributed by atoms with van der Waals surface area (Å²) in [6.45, 7) is 14.9. The third-order valence-electron chi connectivity index (χ3n) is 16.0. The number of aliphatic hydroxyl groups is 1. The van der Waals surface area contributed by atoms with E-state index in [1.165, 1.54) is 4.90 Å². The van der Waals surface area contributed by atoms with Crippen LogP contribution in [0.15, 0.2) is 0 Å². The molecule has 2 spiro atoms. The number of rotatable bonds is 6. The van der Waals surface area contributed by atoms with Crippen LogP contribution in [0.2, 0.25) is 0 Å². The van der Waals surface area contributed by atoms with Gasteiger partial charge in [0.2, 0.25) is 0 Å². The molecule has 49 heavy (non-hydrogen) atoms. The Bertz CT molecular complexity index is 1340. The predicted octanol–water partition coefficient (Wildman–Crippen LogP) is 6.26. The van der Waals surface area contributed by atoms with E-state index in [0.29, 0.717) is 11.8 Å². The lowest BCUT2D eigenvalue weighted by molar-refractivity contribution is -0.184. The maximum Gasteiger partial charge on any atom is 0.407 e. The zero-order valence-electron chi connectivity index (χ0n) is 30.3. The number of primary amides is 1. The lowest BCUT2D eigenvalue weighted by atomic mass is 9.41. The monoisotopic (exact) mass is 697 g/mol. The predicted molar refractivity (Wildman–Crippen MR) is 175 cm³/mol. The number of likely N-dealkylation sites (tertiary alicyclic amines) is 1. The van der Waals surface area contributed by atoms with E-state index in [1.54, 1.807) is 0 Å². The Morgan fingerprint density at radius 3 is 2.33 bits per heavy atom. The Kier molecular flexibility index (Phi) is 8.25. The molecule has 5 saturated carbocycles. The van der Waals surface area contributed by atoms with Crippen LogP contribution in [0.3, 0.4) is 0 Å². The summed E-state index contributed by atoms with van der Waals surface area (Å²) in [5.74, 6) is 1.23. The van der Waals surface area contributed by atoms with E-state index in [4.69, 9.17) is 19.9 Å². The van der Waals surface area contributed by atoms with Crippen molar-refractivity contribution in [3.8, 4) is 0 Å². The van der Waals surface area contributed by atoms with E-state index in [1.807, 2.05) is 13.8 Å². The second-order valence-corrected chi connectivity index (χ2v) is 18.7. The number of nitrogens with zero attached hydrogens (tertiary/aromatic N) is 1. The van der Waals surface area contributed by atoms with Crippen molar-refractivity contribution < 1.29 is 42.1 Å². The number of carbonyl (C=O) groups is 2. The van der Waals surface area contributed by atoms with Crippen molar-refractivity contribution in [1.29, 1.82) is 0 Å². The van der Waals surface area contributed by atoms with Gasteiger partial charge in [-0.2, -0.15) is 13.2 Å². The minimum absolute atomic E-state index is 0.0264. The molecule has 2 amide bonds. The number of aliphatic hydroxyl groups excluding tert-OH is 1. The summed E-state index contributed by atoms with van der Waals surface area (Å²) in [7, 11) is 0. The first kappa shape index (κ1) is 35.6. The third kappa shape index (κ3) is 5.09. The van der Waals surface area contributed by atoms with E-state index in [9.17, 15) is 27.9 Å². The van der Waals surface area contributed by atoms with Crippen molar-refractivity contribution >= 4 is 12.2 Å². The maximum absolute atomic E-state index is 13.0. The molecule has 7 rings (SSSR count). The largest absolute Gasteiger partial charge is 0.446 e. The molecule has 13 atom stereocenters. The number of ether oxygens (including phenoxy) is 3. The summed E-state index contributed by atoms with van der Waals surface area (Å²) in [5, 5.41) is 15.3. The zero-order valence-corrected chi connectivity index (χ0v) is 30.3. The molecule has 0 aromatic rings. The van der Waals surface area contributed by atoms with Crippen molar-refractivity contribution in [2.24, 2.45) is 62.4 Å². The molecule has 5 aliphatic carbocycles. The smallest absolute Gasteiger partial charge is 0.407 e. The SMILES string of the molecule is CC(C)[C@@H](OC(N)=O)C1C[C@@H](C)[C@H]2C(O1)[C@H](O)[C@@]1(C)C3CC[C@H]4C(C)(C)C(OC(=O)NC5CN(CC(F)(F)F)C5)CC[C@@]45C[C@@]35CC[C@]21C. The maximum atomic E-state index is 13.0. The lowest BCUT2D eigenvalue weighted by Gasteiger charge is -2.63. The fourth-order valence-electron chi connectivity index (χ4n) is 13.9. The second kappa shape index (κ2) is 11.4. The highest BCUT2D eigenvalue weighted by atomic mass is 19.4. The second-order valence-electron chi connectivity index (χ2n) is 18.7. The fourth-order valence-corrected chi connectivity index (χ4v) is 13.9. The number of hydrogen-bond acceptors (Lipinski definition) is 7. The number of halogens is 3. The number of alkyl halides is 3. The Labute approximate surface area is 288 Å². The van der Waals surface area contributed by atoms with Crippen LogP contribution in [0.4, 0.5) is 22.8 Å². The van der Waals surface area contributed by atoms with E-state index < -0.39 is 37.1 Å². The summed E-state index contributed by atoms with van der Waals surface area (Å²) in [5.41, 5.74) is 5.05. The van der Waals surface area contributed by atoms with Gasteiger partial charge in [-0.1, -0.05) is 48.5 Å². The molecule has 9 nitrogen and oxygen atoms in total. The number of alkyl carbamates (subject to hydrolysis) is 1. The van der Waals surface area contributed by atoms with Crippen LogP contribution in [0.1, 0.15) is 99.8 Å². The molecule has 278 valence electrons. The van der Waals surface area contributed by atoms with Crippen LogP contribution in [-0.4, -0.2) is 84.6 Å². The Hall–Kier alpha value is -1.79. The van der Waals surface area contributed by atoms with Gasteiger partial charge in [0.1, 0.15) is 12.2 Å². The topological polar surface area (TPSA) is 123 Å². The molecule has 4 unspecified atom stereocenters. The number of fused-ring (bicyclic) bond motifs is 4. The van der Waals surface area contributed by atoms with Crippen LogP contribution in [0.25, 0.3) is 0 Å². The van der Waals surface area contributed by atoms with E-state index >= 15 is 0 Å². The van der Waals surface area contributed by atoms with Crippen LogP contribution < -0.4 is 11.1 Å². The van der Waals surface area contributed by atoms with E-state index in [2.05, 4.69) is 39.9 Å². The van der Waals surface area contributed by atoms with Crippen LogP contribution in [-0.2, 0) is 14.2 Å². The van der Waals surface area contributed by atoms with Gasteiger partial charge in [-0.05, 0) is 97.2 Å². The molecule has 0 aromatic heterocycles. The molecule has 2 aliphatic heterocycles. The zero-order chi connectivity index (χ0) is 35.7. The van der Waals surface area contributed by atoms with Gasteiger partial charge in [-0.3, -0.25) is 4.90 Å². The lowest BCUT2D eigenvalue weighted by Crippen LogP contribution is -2.62. The molecule has 0 aromatic carbocycles. The van der Waals surface area contributed by atoms with E-state index in [-0.39, 0.29) is 82.3 Å². The van der Waals surface area contributed by atoms with Crippen molar-refractivity contribution in [3.05, 3.63) is 0 Å². The highest BCUT2D eigenvalue weighted by molar-refractivity contribution is 5.68. The number of carbonyl (C=O) groups excluding carboxylic acids is 2. The van der Waals surface area contributed by atoms with Crippen molar-refractivity contribution in [1.82, 2.24) is 10.2 Å². The molecule has 0 bridgehead atoms. The minimum atomic E-state index is -4.25. The van der Waals surface area contributed by atoms with Crippen LogP contribution in [0, 0.1) is 56.7 Å². The molecular weight excluding hydrogens is 639 g/mol. The molecule has 2 saturated heterocycles. The van der Waals surface area contributed by atoms with Crippen molar-refractivity contribution in [2.45, 2.75) is 143 Å². The average Bonchev–Trinajstić information content (AvgIpc) is 3.60. The van der Waals surface area contributed by atoms with Crippen LogP contribution in [0.5, 0.6) is 0 Å². The van der Waals surface area contributed by atoms with Gasteiger partial charge < -0.3 is 30.4 Å². The Morgan fingerprint density at radius 2 is 1.69 bits per heavy atom. The summed E-state index contributed by atoms with van der Waals surface area (Å²) in [4.78, 5) is 26.1. The molecular formula is C37H58F3N3O6. The summed E-state index contributed by atoms with van der Waals surface area (Å²) in [6.07, 6.45) is 0.204. The number of amides is 2. The highest BCUT2D eigenvalue weighted by Gasteiger charge is 2.84. The normalized spacial score (nSPS) is 47.8. The van der Waals surface area contributed by atoms with Crippen molar-refractivity contribution in [3.63, 3.8) is 0 Å². The molecule has 12 heteroatoms. The van der Waals surface area contributed by atoms with E-state index in [0.717, 1.165) is 51.4 Å². The molecule has 2 heterocycles. The van der Waals surface area contributed by atoms with Gasteiger partial charge in [0.25, 0.3) is 0 Å². The third-order valence-corrected chi connectivity index (χ3v) is 16.0. The van der Waals surface area contributed by atoms with Gasteiger partial charge in [0.15, 0.2) is 0 Å². The number of hydrogen-bond donors (Lipinski definition) is 3. The van der Waals surface area contributed by atoms with Gasteiger partial charge in [0, 0.05) is 23.9 Å². The quantitative estimate of drug-likeness (QED) is 0.300. The first-order valence-corrected chi connectivity index (χ1v) is 18.8. The first-order valence-electron chi connectivity index (χ1n) is 18.8. The average molecular weight is 698 g/mol. The molecule has 7 aliphatic rings. The fraction of sp³-hybridized carbons (Fsp3) is 0.946. The summed E-state index contributed by atoms with van der Waals surface area (Å²) >= 11 is 0.